The predicted molar refractivity (Wildman–Crippen MR) is 121 cm³/mol. The van der Waals surface area contributed by atoms with Crippen molar-refractivity contribution in [3.05, 3.63) is 70.1 Å². The lowest BCUT2D eigenvalue weighted by atomic mass is 9.91. The van der Waals surface area contributed by atoms with Crippen molar-refractivity contribution < 1.29 is 18.0 Å². The molecule has 10 heteroatoms. The van der Waals surface area contributed by atoms with E-state index >= 15 is 0 Å². The standard InChI is InChI=1S/C22H26F3N5OS/c1-5-6-9-27-19(26)21-30-14(4)18(32-21)20(31)29-12-16(10-13(2)3)15-7-8-17(28-11-15)22(23,24)25/h5-9,11,13,16H,1,10,12H2,2-4H3,(H2,26,27)(H,29,31)/b9-6-. The summed E-state index contributed by atoms with van der Waals surface area (Å²) in [7, 11) is 0. The van der Waals surface area contributed by atoms with Crippen molar-refractivity contribution in [1.29, 1.82) is 0 Å². The molecule has 0 aliphatic heterocycles. The molecule has 6 nitrogen and oxygen atoms in total. The molecule has 2 aromatic rings. The van der Waals surface area contributed by atoms with Gasteiger partial charge in [0, 0.05) is 24.9 Å². The first-order valence-corrected chi connectivity index (χ1v) is 10.7. The maximum Gasteiger partial charge on any atom is 0.433 e. The van der Waals surface area contributed by atoms with Gasteiger partial charge in [-0.05, 0) is 37.0 Å². The van der Waals surface area contributed by atoms with Crippen LogP contribution in [0.5, 0.6) is 0 Å². The van der Waals surface area contributed by atoms with Crippen molar-refractivity contribution in [2.24, 2.45) is 16.6 Å². The van der Waals surface area contributed by atoms with Gasteiger partial charge >= 0.3 is 6.18 Å². The van der Waals surface area contributed by atoms with Crippen LogP contribution in [0.4, 0.5) is 13.2 Å². The molecule has 1 atom stereocenters. The average molecular weight is 466 g/mol. The van der Waals surface area contributed by atoms with Crippen molar-refractivity contribution in [3.8, 4) is 0 Å². The lowest BCUT2D eigenvalue weighted by molar-refractivity contribution is -0.141. The van der Waals surface area contributed by atoms with E-state index in [9.17, 15) is 18.0 Å². The summed E-state index contributed by atoms with van der Waals surface area (Å²) >= 11 is 1.12. The number of hydrogen-bond donors (Lipinski definition) is 2. The fraction of sp³-hybridized carbons (Fsp3) is 0.364. The zero-order valence-corrected chi connectivity index (χ0v) is 18.9. The molecule has 0 spiro atoms. The van der Waals surface area contributed by atoms with Crippen LogP contribution in [0, 0.1) is 12.8 Å². The fourth-order valence-corrected chi connectivity index (χ4v) is 3.86. The van der Waals surface area contributed by atoms with Gasteiger partial charge in [-0.1, -0.05) is 32.6 Å². The molecule has 0 fully saturated rings. The number of alkyl halides is 3. The van der Waals surface area contributed by atoms with Crippen molar-refractivity contribution in [1.82, 2.24) is 15.3 Å². The van der Waals surface area contributed by atoms with Crippen LogP contribution in [0.25, 0.3) is 0 Å². The SMILES string of the molecule is C=C/C=C\N=C(N)c1nc(C)c(C(=O)NCC(CC(C)C)c2ccc(C(F)(F)F)nc2)s1. The highest BCUT2D eigenvalue weighted by Crippen LogP contribution is 2.29. The number of hydrogen-bond acceptors (Lipinski definition) is 5. The smallest absolute Gasteiger partial charge is 0.381 e. The Morgan fingerprint density at radius 1 is 1.38 bits per heavy atom. The topological polar surface area (TPSA) is 93.3 Å². The summed E-state index contributed by atoms with van der Waals surface area (Å²) in [5, 5.41) is 3.29. The fourth-order valence-electron chi connectivity index (χ4n) is 2.97. The van der Waals surface area contributed by atoms with Crippen LogP contribution in [-0.2, 0) is 6.18 Å². The van der Waals surface area contributed by atoms with Gasteiger partial charge in [-0.25, -0.2) is 9.98 Å². The van der Waals surface area contributed by atoms with E-state index in [0.29, 0.717) is 27.6 Å². The Morgan fingerprint density at radius 2 is 2.09 bits per heavy atom. The monoisotopic (exact) mass is 465 g/mol. The number of rotatable bonds is 9. The average Bonchev–Trinajstić information content (AvgIpc) is 3.12. The van der Waals surface area contributed by atoms with E-state index < -0.39 is 11.9 Å². The molecular weight excluding hydrogens is 439 g/mol. The number of aromatic nitrogens is 2. The molecule has 2 rings (SSSR count). The minimum atomic E-state index is -4.49. The number of carbonyl (C=O) groups is 1. The molecule has 2 aromatic heterocycles. The van der Waals surface area contributed by atoms with E-state index in [2.05, 4.69) is 26.9 Å². The van der Waals surface area contributed by atoms with Gasteiger partial charge in [-0.15, -0.1) is 11.3 Å². The van der Waals surface area contributed by atoms with Crippen LogP contribution in [0.15, 0.2) is 48.3 Å². The summed E-state index contributed by atoms with van der Waals surface area (Å²) in [6.45, 7) is 9.52. The Morgan fingerprint density at radius 3 is 2.66 bits per heavy atom. The van der Waals surface area contributed by atoms with E-state index in [4.69, 9.17) is 5.73 Å². The Bertz CT molecular complexity index is 994. The normalized spacial score (nSPS) is 13.5. The number of nitrogens with zero attached hydrogens (tertiary/aromatic N) is 3. The third-order valence-electron chi connectivity index (χ3n) is 4.47. The molecule has 0 radical (unpaired) electrons. The number of pyridine rings is 1. The number of aliphatic imine (C=N–C) groups is 1. The molecule has 32 heavy (non-hydrogen) atoms. The first-order chi connectivity index (χ1) is 15.0. The summed E-state index contributed by atoms with van der Waals surface area (Å²) in [6, 6.07) is 2.38. The molecule has 2 heterocycles. The molecule has 0 aromatic carbocycles. The van der Waals surface area contributed by atoms with Gasteiger partial charge in [0.1, 0.15) is 10.6 Å². The molecule has 0 aliphatic rings. The Kier molecular flexibility index (Phi) is 8.71. The summed E-state index contributed by atoms with van der Waals surface area (Å²) in [5.74, 6) is -0.0502. The van der Waals surface area contributed by atoms with Gasteiger partial charge in [0.15, 0.2) is 10.8 Å². The van der Waals surface area contributed by atoms with Crippen LogP contribution < -0.4 is 11.1 Å². The number of allylic oxidation sites excluding steroid dienone is 2. The summed E-state index contributed by atoms with van der Waals surface area (Å²) in [6.07, 6.45) is 2.07. The molecular formula is C22H26F3N5OS. The van der Waals surface area contributed by atoms with Crippen molar-refractivity contribution >= 4 is 23.1 Å². The molecule has 0 saturated heterocycles. The second-order valence-corrected chi connectivity index (χ2v) is 8.54. The number of halogens is 3. The maximum absolute atomic E-state index is 12.8. The second kappa shape index (κ2) is 11.0. The molecule has 172 valence electrons. The highest BCUT2D eigenvalue weighted by Gasteiger charge is 2.32. The van der Waals surface area contributed by atoms with Gasteiger partial charge in [-0.2, -0.15) is 13.2 Å². The van der Waals surface area contributed by atoms with E-state index in [1.165, 1.54) is 18.5 Å². The summed E-state index contributed by atoms with van der Waals surface area (Å²) in [5.41, 5.74) is 6.12. The van der Waals surface area contributed by atoms with Gasteiger partial charge in [0.2, 0.25) is 0 Å². The van der Waals surface area contributed by atoms with Gasteiger partial charge in [0.25, 0.3) is 5.91 Å². The quantitative estimate of drug-likeness (QED) is 0.315. The molecule has 1 unspecified atom stereocenters. The number of thiazole rings is 1. The van der Waals surface area contributed by atoms with Crippen molar-refractivity contribution in [2.75, 3.05) is 6.54 Å². The molecule has 0 saturated carbocycles. The highest BCUT2D eigenvalue weighted by molar-refractivity contribution is 7.15. The third kappa shape index (κ3) is 7.01. The lowest BCUT2D eigenvalue weighted by Crippen LogP contribution is -2.29. The Balaban J connectivity index is 2.15. The Labute approximate surface area is 189 Å². The minimum Gasteiger partial charge on any atom is -0.381 e. The number of aryl methyl sites for hydroxylation is 1. The molecule has 0 aliphatic carbocycles. The van der Waals surface area contributed by atoms with Crippen LogP contribution >= 0.6 is 11.3 Å². The summed E-state index contributed by atoms with van der Waals surface area (Å²) < 4.78 is 38.4. The zero-order chi connectivity index (χ0) is 23.9. The summed E-state index contributed by atoms with van der Waals surface area (Å²) in [4.78, 5) is 25.0. The van der Waals surface area contributed by atoms with Crippen molar-refractivity contribution in [3.63, 3.8) is 0 Å². The first kappa shape index (κ1) is 25.3. The van der Waals surface area contributed by atoms with E-state index in [-0.39, 0.29) is 30.1 Å². The highest BCUT2D eigenvalue weighted by atomic mass is 32.1. The van der Waals surface area contributed by atoms with Gasteiger partial charge in [-0.3, -0.25) is 9.78 Å². The largest absolute Gasteiger partial charge is 0.433 e. The molecule has 3 N–H and O–H groups in total. The van der Waals surface area contributed by atoms with E-state index in [1.54, 1.807) is 19.1 Å². The van der Waals surface area contributed by atoms with Gasteiger partial charge < -0.3 is 11.1 Å². The molecule has 0 bridgehead atoms. The van der Waals surface area contributed by atoms with Crippen molar-refractivity contribution in [2.45, 2.75) is 39.3 Å². The first-order valence-electron chi connectivity index (χ1n) is 9.92. The number of nitrogens with one attached hydrogen (secondary N) is 1. The lowest BCUT2D eigenvalue weighted by Gasteiger charge is -2.20. The van der Waals surface area contributed by atoms with Gasteiger partial charge in [0.05, 0.1) is 5.69 Å². The van der Waals surface area contributed by atoms with E-state index in [0.717, 1.165) is 17.4 Å². The van der Waals surface area contributed by atoms with Crippen LogP contribution in [0.3, 0.4) is 0 Å². The zero-order valence-electron chi connectivity index (χ0n) is 18.1. The number of amides is 1. The molecule has 1 amide bonds. The van der Waals surface area contributed by atoms with Crippen LogP contribution in [0.1, 0.15) is 57.8 Å². The van der Waals surface area contributed by atoms with Crippen LogP contribution in [0.2, 0.25) is 0 Å². The minimum absolute atomic E-state index is 0.183. The number of carbonyl (C=O) groups excluding carboxylic acids is 1. The van der Waals surface area contributed by atoms with Crippen LogP contribution in [-0.4, -0.2) is 28.3 Å². The second-order valence-electron chi connectivity index (χ2n) is 7.54. The third-order valence-corrected chi connectivity index (χ3v) is 5.65. The maximum atomic E-state index is 12.8. The number of amidine groups is 1. The Hall–Kier alpha value is -3.01. The van der Waals surface area contributed by atoms with E-state index in [1.807, 2.05) is 13.8 Å². The predicted octanol–water partition coefficient (Wildman–Crippen LogP) is 4.83. The number of nitrogens with two attached hydrogens (primary N) is 1.